The topological polar surface area (TPSA) is 96.7 Å². The second-order valence-corrected chi connectivity index (χ2v) is 1.78. The maximum absolute atomic E-state index is 10.4. The van der Waals surface area contributed by atoms with Crippen molar-refractivity contribution in [2.24, 2.45) is 0 Å². The van der Waals surface area contributed by atoms with Crippen LogP contribution in [0.1, 0.15) is 19.8 Å². The van der Waals surface area contributed by atoms with Crippen molar-refractivity contribution in [3.63, 3.8) is 0 Å². The lowest BCUT2D eigenvalue weighted by atomic mass is 10.2. The van der Waals surface area contributed by atoms with Crippen LogP contribution in [0.5, 0.6) is 0 Å². The Balaban J connectivity index is 0. The number of carbonyl (C=O) groups is 1. The molecule has 0 radical (unpaired) electrons. The van der Waals surface area contributed by atoms with E-state index < -0.39 is 11.5 Å². The number of quaternary nitrogens is 1. The number of nitrogens with zero attached hydrogens (tertiary/aromatic N) is 1. The lowest BCUT2D eigenvalue weighted by molar-refractivity contribution is -0.467. The third-order valence-corrected chi connectivity index (χ3v) is 0.834. The molecule has 0 spiro atoms. The fourth-order valence-corrected chi connectivity index (χ4v) is 0.502. The van der Waals surface area contributed by atoms with E-state index in [2.05, 4.69) is 0 Å². The Morgan fingerprint density at radius 3 is 2.40 bits per heavy atom. The molecule has 0 aromatic heterocycles. The predicted molar refractivity (Wildman–Crippen MR) is 37.8 cm³/mol. The molecular weight excluding hydrogens is 136 g/mol. The molecule has 0 unspecified atom stereocenters. The zero-order chi connectivity index (χ0) is 7.28. The van der Waals surface area contributed by atoms with Gasteiger partial charge in [0.05, 0.1) is 0 Å². The smallest absolute Gasteiger partial charge is 0.261 e. The van der Waals surface area contributed by atoms with Gasteiger partial charge in [0.1, 0.15) is 0 Å². The van der Waals surface area contributed by atoms with Gasteiger partial charge in [0.2, 0.25) is 5.78 Å². The number of ketones is 1. The number of hydrogen-bond acceptors (Lipinski definition) is 3. The molecule has 5 heteroatoms. The van der Waals surface area contributed by atoms with Crippen molar-refractivity contribution >= 4 is 5.78 Å². The highest BCUT2D eigenvalue weighted by atomic mass is 16.6. The molecule has 0 rings (SSSR count). The van der Waals surface area contributed by atoms with Crippen molar-refractivity contribution in [2.75, 3.05) is 6.54 Å². The van der Waals surface area contributed by atoms with Crippen LogP contribution in [0.25, 0.3) is 0 Å². The Morgan fingerprint density at radius 1 is 1.60 bits per heavy atom. The lowest BCUT2D eigenvalue weighted by Gasteiger charge is -1.88. The van der Waals surface area contributed by atoms with Crippen LogP contribution < -0.4 is 6.15 Å². The van der Waals surface area contributed by atoms with Crippen LogP contribution in [-0.2, 0) is 4.79 Å². The third kappa shape index (κ3) is 7.03. The van der Waals surface area contributed by atoms with Crippen molar-refractivity contribution in [1.82, 2.24) is 6.15 Å². The van der Waals surface area contributed by atoms with E-state index in [-0.39, 0.29) is 11.9 Å². The highest BCUT2D eigenvalue weighted by molar-refractivity contribution is 5.79. The van der Waals surface area contributed by atoms with Crippen LogP contribution in [-0.4, -0.2) is 17.3 Å². The van der Waals surface area contributed by atoms with E-state index in [9.17, 15) is 14.9 Å². The molecule has 0 aliphatic rings. The summed E-state index contributed by atoms with van der Waals surface area (Å²) in [5.41, 5.74) is 0. The Morgan fingerprint density at radius 2 is 2.10 bits per heavy atom. The Kier molecular flexibility index (Phi) is 7.25. The standard InChI is InChI=1S/C5H9NO3.H3N/c1-2-3-5(7)4-6(8)9;/h2-4H2,1H3;1H3/p+1. The molecule has 4 N–H and O–H groups in total. The minimum atomic E-state index is -0.599. The molecule has 0 saturated heterocycles. The first-order valence-corrected chi connectivity index (χ1v) is 2.80. The van der Waals surface area contributed by atoms with Gasteiger partial charge >= 0.3 is 0 Å². The molecule has 0 bridgehead atoms. The summed E-state index contributed by atoms with van der Waals surface area (Å²) in [6, 6.07) is 0. The molecular formula is C5H13N2O3+. The Labute approximate surface area is 59.1 Å². The first-order chi connectivity index (χ1) is 4.16. The molecule has 0 aromatic rings. The molecule has 0 heterocycles. The normalized spacial score (nSPS) is 8.10. The van der Waals surface area contributed by atoms with Crippen LogP contribution in [0.3, 0.4) is 0 Å². The first-order valence-electron chi connectivity index (χ1n) is 2.80. The SMILES string of the molecule is CCCC(=O)C[N+](=O)[O-].[NH4+]. The van der Waals surface area contributed by atoms with Crippen molar-refractivity contribution in [3.8, 4) is 0 Å². The molecule has 0 saturated carbocycles. The zero-order valence-electron chi connectivity index (χ0n) is 6.29. The fraction of sp³-hybridized carbons (Fsp3) is 0.800. The fourth-order valence-electron chi connectivity index (χ4n) is 0.502. The van der Waals surface area contributed by atoms with Gasteiger partial charge in [0, 0.05) is 11.3 Å². The summed E-state index contributed by atoms with van der Waals surface area (Å²) in [5, 5.41) is 9.67. The molecule has 0 aromatic carbocycles. The van der Waals surface area contributed by atoms with E-state index in [1.54, 1.807) is 0 Å². The van der Waals surface area contributed by atoms with Gasteiger partial charge in [-0.1, -0.05) is 6.92 Å². The van der Waals surface area contributed by atoms with Gasteiger partial charge < -0.3 is 6.15 Å². The molecule has 0 fully saturated rings. The maximum Gasteiger partial charge on any atom is 0.261 e. The molecule has 0 amide bonds. The van der Waals surface area contributed by atoms with Crippen molar-refractivity contribution in [2.45, 2.75) is 19.8 Å². The second kappa shape index (κ2) is 6.15. The van der Waals surface area contributed by atoms with E-state index in [0.29, 0.717) is 12.8 Å². The van der Waals surface area contributed by atoms with Crippen LogP contribution >= 0.6 is 0 Å². The monoisotopic (exact) mass is 149 g/mol. The van der Waals surface area contributed by atoms with Crippen molar-refractivity contribution < 1.29 is 9.72 Å². The lowest BCUT2D eigenvalue weighted by Crippen LogP contribution is -2.12. The molecule has 0 aliphatic heterocycles. The van der Waals surface area contributed by atoms with Gasteiger partial charge in [-0.05, 0) is 6.42 Å². The minimum Gasteiger partial charge on any atom is -0.369 e. The Hall–Kier alpha value is -0.970. The van der Waals surface area contributed by atoms with Crippen LogP contribution in [0.15, 0.2) is 0 Å². The average Bonchev–Trinajstić information content (AvgIpc) is 1.63. The number of rotatable bonds is 4. The van der Waals surface area contributed by atoms with Crippen LogP contribution in [0.4, 0.5) is 0 Å². The summed E-state index contributed by atoms with van der Waals surface area (Å²) in [4.78, 5) is 19.5. The number of nitro groups is 1. The zero-order valence-corrected chi connectivity index (χ0v) is 6.29. The Bertz CT molecular complexity index is 124. The average molecular weight is 149 g/mol. The summed E-state index contributed by atoms with van der Waals surface area (Å²) >= 11 is 0. The summed E-state index contributed by atoms with van der Waals surface area (Å²) in [5.74, 6) is -0.289. The summed E-state index contributed by atoms with van der Waals surface area (Å²) < 4.78 is 0. The van der Waals surface area contributed by atoms with Crippen LogP contribution in [0.2, 0.25) is 0 Å². The van der Waals surface area contributed by atoms with Gasteiger partial charge in [0.25, 0.3) is 6.54 Å². The van der Waals surface area contributed by atoms with Crippen LogP contribution in [0, 0.1) is 10.1 Å². The van der Waals surface area contributed by atoms with E-state index in [4.69, 9.17) is 0 Å². The number of hydrogen-bond donors (Lipinski definition) is 1. The molecule has 0 aliphatic carbocycles. The summed E-state index contributed by atoms with van der Waals surface area (Å²) in [6.45, 7) is 1.30. The predicted octanol–water partition coefficient (Wildman–Crippen LogP) is 1.01. The van der Waals surface area contributed by atoms with E-state index >= 15 is 0 Å². The molecule has 5 nitrogen and oxygen atoms in total. The van der Waals surface area contributed by atoms with Gasteiger partial charge in [-0.25, -0.2) is 0 Å². The third-order valence-electron chi connectivity index (χ3n) is 0.834. The second-order valence-electron chi connectivity index (χ2n) is 1.78. The van der Waals surface area contributed by atoms with Crippen molar-refractivity contribution in [1.29, 1.82) is 0 Å². The maximum atomic E-state index is 10.4. The molecule has 60 valence electrons. The summed E-state index contributed by atoms with van der Waals surface area (Å²) in [7, 11) is 0. The van der Waals surface area contributed by atoms with E-state index in [0.717, 1.165) is 0 Å². The first kappa shape index (κ1) is 11.8. The number of carbonyl (C=O) groups excluding carboxylic acids is 1. The minimum absolute atomic E-state index is 0. The summed E-state index contributed by atoms with van der Waals surface area (Å²) in [6.07, 6.45) is 1.01. The number of Topliss-reactive ketones (excluding diaryl/α,β-unsaturated/α-hetero) is 1. The van der Waals surface area contributed by atoms with E-state index in [1.165, 1.54) is 0 Å². The van der Waals surface area contributed by atoms with Crippen molar-refractivity contribution in [3.05, 3.63) is 10.1 Å². The van der Waals surface area contributed by atoms with Gasteiger partial charge in [-0.2, -0.15) is 0 Å². The van der Waals surface area contributed by atoms with Gasteiger partial charge in [-0.3, -0.25) is 14.9 Å². The largest absolute Gasteiger partial charge is 0.369 e. The van der Waals surface area contributed by atoms with Gasteiger partial charge in [-0.15, -0.1) is 0 Å². The van der Waals surface area contributed by atoms with Gasteiger partial charge in [0.15, 0.2) is 0 Å². The van der Waals surface area contributed by atoms with E-state index in [1.807, 2.05) is 6.92 Å². The highest BCUT2D eigenvalue weighted by Gasteiger charge is 2.06. The quantitative estimate of drug-likeness (QED) is 0.477. The highest BCUT2D eigenvalue weighted by Crippen LogP contribution is 1.88. The molecule has 10 heavy (non-hydrogen) atoms. The molecule has 0 atom stereocenters.